The third kappa shape index (κ3) is 3.29. The zero-order chi connectivity index (χ0) is 18.1. The maximum absolute atomic E-state index is 13.2. The molecule has 0 bridgehead atoms. The van der Waals surface area contributed by atoms with E-state index in [1.165, 1.54) is 23.4 Å². The fraction of sp³-hybridized carbons (Fsp3) is 0.318. The van der Waals surface area contributed by atoms with Gasteiger partial charge < -0.3 is 5.11 Å². The molecule has 2 aromatic carbocycles. The van der Waals surface area contributed by atoms with Crippen LogP contribution < -0.4 is 0 Å². The SMILES string of the molecule is CC1(CC(O)c2ccccc2)CCc2c(cnn2-c2ccc(F)cc2)C1. The van der Waals surface area contributed by atoms with Crippen molar-refractivity contribution >= 4 is 0 Å². The van der Waals surface area contributed by atoms with Crippen molar-refractivity contribution in [2.24, 2.45) is 5.41 Å². The van der Waals surface area contributed by atoms with Crippen molar-refractivity contribution in [1.82, 2.24) is 9.78 Å². The van der Waals surface area contributed by atoms with Crippen LogP contribution in [0, 0.1) is 11.2 Å². The summed E-state index contributed by atoms with van der Waals surface area (Å²) in [6.45, 7) is 2.25. The average molecular weight is 350 g/mol. The third-order valence-corrected chi connectivity index (χ3v) is 5.48. The highest BCUT2D eigenvalue weighted by Gasteiger charge is 2.34. The van der Waals surface area contributed by atoms with Gasteiger partial charge in [0, 0.05) is 5.69 Å². The molecule has 4 rings (SSSR count). The summed E-state index contributed by atoms with van der Waals surface area (Å²) in [5.74, 6) is -0.239. The quantitative estimate of drug-likeness (QED) is 0.745. The van der Waals surface area contributed by atoms with E-state index in [9.17, 15) is 9.50 Å². The summed E-state index contributed by atoms with van der Waals surface area (Å²) in [6.07, 6.45) is 5.01. The molecule has 3 aromatic rings. The molecule has 0 aliphatic heterocycles. The molecule has 2 atom stereocenters. The Hall–Kier alpha value is -2.46. The fourth-order valence-corrected chi connectivity index (χ4v) is 4.03. The predicted octanol–water partition coefficient (Wildman–Crippen LogP) is 4.63. The van der Waals surface area contributed by atoms with Crippen molar-refractivity contribution in [3.05, 3.63) is 83.4 Å². The Morgan fingerprint density at radius 2 is 1.88 bits per heavy atom. The van der Waals surface area contributed by atoms with E-state index in [0.717, 1.165) is 36.9 Å². The van der Waals surface area contributed by atoms with Crippen molar-refractivity contribution < 1.29 is 9.50 Å². The van der Waals surface area contributed by atoms with Gasteiger partial charge in [-0.25, -0.2) is 9.07 Å². The van der Waals surface area contributed by atoms with Gasteiger partial charge in [0.05, 0.1) is 18.0 Å². The Kier molecular flexibility index (Phi) is 4.37. The van der Waals surface area contributed by atoms with Crippen LogP contribution in [0.5, 0.6) is 0 Å². The van der Waals surface area contributed by atoms with E-state index in [4.69, 9.17) is 0 Å². The molecule has 1 aromatic heterocycles. The first kappa shape index (κ1) is 17.0. The number of nitrogens with zero attached hydrogens (tertiary/aromatic N) is 2. The molecule has 0 amide bonds. The molecule has 4 heteroatoms. The van der Waals surface area contributed by atoms with Crippen LogP contribution in [0.2, 0.25) is 0 Å². The summed E-state index contributed by atoms with van der Waals surface area (Å²) >= 11 is 0. The van der Waals surface area contributed by atoms with Crippen molar-refractivity contribution in [3.63, 3.8) is 0 Å². The largest absolute Gasteiger partial charge is 0.388 e. The van der Waals surface area contributed by atoms with Gasteiger partial charge in [-0.15, -0.1) is 0 Å². The number of hydrogen-bond acceptors (Lipinski definition) is 2. The maximum atomic E-state index is 13.2. The predicted molar refractivity (Wildman–Crippen MR) is 99.7 cm³/mol. The molecule has 0 saturated heterocycles. The van der Waals surface area contributed by atoms with Crippen LogP contribution in [0.15, 0.2) is 60.8 Å². The standard InChI is InChI=1S/C22H23FN2O/c1-22(14-21(26)16-5-3-2-4-6-16)12-11-20-17(13-22)15-24-25(20)19-9-7-18(23)8-10-19/h2-10,15,21,26H,11-14H2,1H3. The number of fused-ring (bicyclic) bond motifs is 1. The van der Waals surface area contributed by atoms with Gasteiger partial charge in [-0.2, -0.15) is 5.10 Å². The van der Waals surface area contributed by atoms with E-state index in [1.807, 2.05) is 41.2 Å². The minimum absolute atomic E-state index is 0.0406. The van der Waals surface area contributed by atoms with Gasteiger partial charge in [-0.3, -0.25) is 0 Å². The van der Waals surface area contributed by atoms with E-state index in [0.29, 0.717) is 0 Å². The molecule has 26 heavy (non-hydrogen) atoms. The van der Waals surface area contributed by atoms with Gasteiger partial charge in [0.1, 0.15) is 5.82 Å². The number of benzene rings is 2. The molecule has 1 aliphatic rings. The van der Waals surface area contributed by atoms with E-state index in [1.54, 1.807) is 12.1 Å². The second kappa shape index (κ2) is 6.69. The Morgan fingerprint density at radius 3 is 2.62 bits per heavy atom. The summed E-state index contributed by atoms with van der Waals surface area (Å²) in [4.78, 5) is 0. The lowest BCUT2D eigenvalue weighted by molar-refractivity contribution is 0.0965. The van der Waals surface area contributed by atoms with E-state index >= 15 is 0 Å². The molecular weight excluding hydrogens is 327 g/mol. The summed E-state index contributed by atoms with van der Waals surface area (Å²) in [5.41, 5.74) is 4.33. The molecule has 2 unspecified atom stereocenters. The van der Waals surface area contributed by atoms with Crippen LogP contribution in [-0.4, -0.2) is 14.9 Å². The van der Waals surface area contributed by atoms with E-state index in [2.05, 4.69) is 12.0 Å². The summed E-state index contributed by atoms with van der Waals surface area (Å²) in [5, 5.41) is 15.2. The summed E-state index contributed by atoms with van der Waals surface area (Å²) in [6, 6.07) is 16.3. The Morgan fingerprint density at radius 1 is 1.15 bits per heavy atom. The zero-order valence-electron chi connectivity index (χ0n) is 14.9. The zero-order valence-corrected chi connectivity index (χ0v) is 14.9. The van der Waals surface area contributed by atoms with Crippen LogP contribution in [-0.2, 0) is 12.8 Å². The lowest BCUT2D eigenvalue weighted by atomic mass is 9.71. The van der Waals surface area contributed by atoms with E-state index < -0.39 is 6.10 Å². The average Bonchev–Trinajstić information content (AvgIpc) is 3.05. The van der Waals surface area contributed by atoms with Gasteiger partial charge in [0.2, 0.25) is 0 Å². The highest BCUT2D eigenvalue weighted by molar-refractivity contribution is 5.37. The highest BCUT2D eigenvalue weighted by atomic mass is 19.1. The molecule has 0 fully saturated rings. The number of aliphatic hydroxyl groups is 1. The van der Waals surface area contributed by atoms with Crippen molar-refractivity contribution in [2.45, 2.75) is 38.7 Å². The molecule has 0 saturated carbocycles. The second-order valence-electron chi connectivity index (χ2n) is 7.62. The molecule has 134 valence electrons. The molecule has 1 heterocycles. The van der Waals surface area contributed by atoms with Gasteiger partial charge in [0.15, 0.2) is 0 Å². The lowest BCUT2D eigenvalue weighted by Crippen LogP contribution is -2.28. The minimum atomic E-state index is -0.449. The maximum Gasteiger partial charge on any atom is 0.123 e. The molecule has 1 aliphatic carbocycles. The number of halogens is 1. The van der Waals surface area contributed by atoms with Crippen LogP contribution >= 0.6 is 0 Å². The monoisotopic (exact) mass is 350 g/mol. The first-order valence-electron chi connectivity index (χ1n) is 9.09. The second-order valence-corrected chi connectivity index (χ2v) is 7.62. The van der Waals surface area contributed by atoms with Crippen LogP contribution in [0.3, 0.4) is 0 Å². The molecule has 1 N–H and O–H groups in total. The number of rotatable bonds is 4. The molecule has 3 nitrogen and oxygen atoms in total. The molecular formula is C22H23FN2O. The highest BCUT2D eigenvalue weighted by Crippen LogP contribution is 2.42. The van der Waals surface area contributed by atoms with Gasteiger partial charge in [-0.05, 0) is 66.5 Å². The topological polar surface area (TPSA) is 38.1 Å². The van der Waals surface area contributed by atoms with Crippen LogP contribution in [0.4, 0.5) is 4.39 Å². The van der Waals surface area contributed by atoms with Gasteiger partial charge in [-0.1, -0.05) is 37.3 Å². The Balaban J connectivity index is 1.54. The normalized spacial score (nSPS) is 20.6. The number of hydrogen-bond donors (Lipinski definition) is 1. The Labute approximate surface area is 153 Å². The third-order valence-electron chi connectivity index (χ3n) is 5.48. The smallest absolute Gasteiger partial charge is 0.123 e. The van der Waals surface area contributed by atoms with Crippen LogP contribution in [0.1, 0.15) is 42.7 Å². The number of aromatic nitrogens is 2. The Bertz CT molecular complexity index is 888. The van der Waals surface area contributed by atoms with Crippen molar-refractivity contribution in [1.29, 1.82) is 0 Å². The molecule has 0 radical (unpaired) electrons. The summed E-state index contributed by atoms with van der Waals surface area (Å²) < 4.78 is 15.1. The van der Waals surface area contributed by atoms with E-state index in [-0.39, 0.29) is 11.2 Å². The number of aliphatic hydroxyl groups excluding tert-OH is 1. The van der Waals surface area contributed by atoms with Crippen molar-refractivity contribution in [2.75, 3.05) is 0 Å². The minimum Gasteiger partial charge on any atom is -0.388 e. The van der Waals surface area contributed by atoms with Crippen LogP contribution in [0.25, 0.3) is 5.69 Å². The fourth-order valence-electron chi connectivity index (χ4n) is 4.03. The molecule has 0 spiro atoms. The first-order valence-corrected chi connectivity index (χ1v) is 9.09. The van der Waals surface area contributed by atoms with Gasteiger partial charge >= 0.3 is 0 Å². The van der Waals surface area contributed by atoms with Gasteiger partial charge in [0.25, 0.3) is 0 Å². The lowest BCUT2D eigenvalue weighted by Gasteiger charge is -2.35. The van der Waals surface area contributed by atoms with Crippen molar-refractivity contribution in [3.8, 4) is 5.69 Å². The summed E-state index contributed by atoms with van der Waals surface area (Å²) in [7, 11) is 0. The first-order chi connectivity index (χ1) is 12.5.